The Morgan fingerprint density at radius 2 is 1.72 bits per heavy atom. The maximum absolute atomic E-state index is 13.0. The quantitative estimate of drug-likeness (QED) is 0.816. The molecule has 0 aromatic heterocycles. The molecule has 0 aliphatic rings. The second kappa shape index (κ2) is 5.51. The van der Waals surface area contributed by atoms with Crippen molar-refractivity contribution in [3.63, 3.8) is 0 Å². The maximum Gasteiger partial charge on any atom is 0.145 e. The lowest BCUT2D eigenvalue weighted by Gasteiger charge is -2.09. The molecule has 3 nitrogen and oxygen atoms in total. The van der Waals surface area contributed by atoms with E-state index in [4.69, 9.17) is 15.6 Å². The summed E-state index contributed by atoms with van der Waals surface area (Å²) in [7, 11) is 0. The SMILES string of the molecule is Nc1ccc(F)cc1OCc1ccc(CO)cc1. The molecule has 2 aromatic carbocycles. The first-order valence-electron chi connectivity index (χ1n) is 5.55. The number of rotatable bonds is 4. The molecule has 0 saturated heterocycles. The molecule has 94 valence electrons. The molecular weight excluding hydrogens is 233 g/mol. The molecule has 0 aliphatic carbocycles. The zero-order valence-electron chi connectivity index (χ0n) is 9.77. The lowest BCUT2D eigenvalue weighted by Crippen LogP contribution is -1.99. The van der Waals surface area contributed by atoms with Crippen molar-refractivity contribution in [2.75, 3.05) is 5.73 Å². The van der Waals surface area contributed by atoms with Crippen molar-refractivity contribution < 1.29 is 14.2 Å². The number of benzene rings is 2. The molecule has 0 radical (unpaired) electrons. The first kappa shape index (κ1) is 12.4. The molecule has 2 aromatic rings. The van der Waals surface area contributed by atoms with Crippen LogP contribution in [-0.2, 0) is 13.2 Å². The van der Waals surface area contributed by atoms with Gasteiger partial charge in [0.05, 0.1) is 12.3 Å². The van der Waals surface area contributed by atoms with Gasteiger partial charge in [-0.2, -0.15) is 0 Å². The summed E-state index contributed by atoms with van der Waals surface area (Å²) in [4.78, 5) is 0. The highest BCUT2D eigenvalue weighted by molar-refractivity contribution is 5.52. The van der Waals surface area contributed by atoms with Gasteiger partial charge in [0.25, 0.3) is 0 Å². The molecule has 0 spiro atoms. The number of nitrogens with two attached hydrogens (primary N) is 1. The van der Waals surface area contributed by atoms with Crippen molar-refractivity contribution in [1.29, 1.82) is 0 Å². The van der Waals surface area contributed by atoms with E-state index in [1.807, 2.05) is 24.3 Å². The summed E-state index contributed by atoms with van der Waals surface area (Å²) in [5.74, 6) is -0.0453. The van der Waals surface area contributed by atoms with Crippen molar-refractivity contribution in [2.45, 2.75) is 13.2 Å². The molecule has 0 heterocycles. The fourth-order valence-corrected chi connectivity index (χ4v) is 1.54. The van der Waals surface area contributed by atoms with Crippen molar-refractivity contribution in [2.24, 2.45) is 0 Å². The van der Waals surface area contributed by atoms with Crippen LogP contribution < -0.4 is 10.5 Å². The molecule has 3 N–H and O–H groups in total. The molecule has 2 rings (SSSR count). The summed E-state index contributed by atoms with van der Waals surface area (Å²) in [5.41, 5.74) is 7.84. The van der Waals surface area contributed by atoms with Crippen molar-refractivity contribution in [3.05, 3.63) is 59.4 Å². The largest absolute Gasteiger partial charge is 0.487 e. The zero-order chi connectivity index (χ0) is 13.0. The molecule has 0 bridgehead atoms. The van der Waals surface area contributed by atoms with Gasteiger partial charge in [-0.15, -0.1) is 0 Å². The Morgan fingerprint density at radius 3 is 2.39 bits per heavy atom. The lowest BCUT2D eigenvalue weighted by molar-refractivity contribution is 0.281. The summed E-state index contributed by atoms with van der Waals surface area (Å²) < 4.78 is 18.5. The number of ether oxygens (including phenoxy) is 1. The van der Waals surface area contributed by atoms with Gasteiger partial charge in [0.2, 0.25) is 0 Å². The minimum atomic E-state index is -0.380. The molecule has 18 heavy (non-hydrogen) atoms. The van der Waals surface area contributed by atoms with Crippen LogP contribution in [-0.4, -0.2) is 5.11 Å². The van der Waals surface area contributed by atoms with Gasteiger partial charge in [-0.05, 0) is 23.3 Å². The van der Waals surface area contributed by atoms with E-state index in [0.29, 0.717) is 18.0 Å². The Kier molecular flexibility index (Phi) is 3.79. The highest BCUT2D eigenvalue weighted by Crippen LogP contribution is 2.23. The topological polar surface area (TPSA) is 55.5 Å². The highest BCUT2D eigenvalue weighted by Gasteiger charge is 2.03. The van der Waals surface area contributed by atoms with Crippen LogP contribution in [0.4, 0.5) is 10.1 Å². The minimum Gasteiger partial charge on any atom is -0.487 e. The van der Waals surface area contributed by atoms with Gasteiger partial charge in [-0.1, -0.05) is 24.3 Å². The highest BCUT2D eigenvalue weighted by atomic mass is 19.1. The van der Waals surface area contributed by atoms with Gasteiger partial charge in [0.15, 0.2) is 0 Å². The van der Waals surface area contributed by atoms with Crippen LogP contribution in [0.25, 0.3) is 0 Å². The van der Waals surface area contributed by atoms with E-state index in [1.54, 1.807) is 0 Å². The van der Waals surface area contributed by atoms with Gasteiger partial charge in [-0.25, -0.2) is 4.39 Å². The van der Waals surface area contributed by atoms with E-state index in [2.05, 4.69) is 0 Å². The van der Waals surface area contributed by atoms with Gasteiger partial charge in [0, 0.05) is 6.07 Å². The standard InChI is InChI=1S/C14H14FNO2/c15-12-5-6-13(16)14(7-12)18-9-11-3-1-10(8-17)2-4-11/h1-7,17H,8-9,16H2. The second-order valence-electron chi connectivity index (χ2n) is 3.95. The van der Waals surface area contributed by atoms with E-state index in [-0.39, 0.29) is 12.4 Å². The van der Waals surface area contributed by atoms with Gasteiger partial charge < -0.3 is 15.6 Å². The van der Waals surface area contributed by atoms with Crippen molar-refractivity contribution in [3.8, 4) is 5.75 Å². The summed E-state index contributed by atoms with van der Waals surface area (Å²) in [6.45, 7) is 0.317. The van der Waals surface area contributed by atoms with Crippen molar-refractivity contribution in [1.82, 2.24) is 0 Å². The number of anilines is 1. The predicted octanol–water partition coefficient (Wildman–Crippen LogP) is 2.48. The minimum absolute atomic E-state index is 0.0119. The van der Waals surface area contributed by atoms with E-state index in [0.717, 1.165) is 11.1 Å². The fraction of sp³-hybridized carbons (Fsp3) is 0.143. The van der Waals surface area contributed by atoms with Crippen molar-refractivity contribution >= 4 is 5.69 Å². The molecule has 0 atom stereocenters. The zero-order valence-corrected chi connectivity index (χ0v) is 9.77. The first-order valence-corrected chi connectivity index (χ1v) is 5.55. The average molecular weight is 247 g/mol. The second-order valence-corrected chi connectivity index (χ2v) is 3.95. The summed E-state index contributed by atoms with van der Waals surface area (Å²) in [5, 5.41) is 8.91. The maximum atomic E-state index is 13.0. The molecule has 0 saturated carbocycles. The third-order valence-electron chi connectivity index (χ3n) is 2.58. The van der Waals surface area contributed by atoms with Crippen LogP contribution in [0.2, 0.25) is 0 Å². The molecule has 0 aliphatic heterocycles. The molecule has 0 amide bonds. The van der Waals surface area contributed by atoms with E-state index < -0.39 is 0 Å². The van der Waals surface area contributed by atoms with E-state index in [1.165, 1.54) is 18.2 Å². The number of hydrogen-bond acceptors (Lipinski definition) is 3. The van der Waals surface area contributed by atoms with E-state index >= 15 is 0 Å². The van der Waals surface area contributed by atoms with E-state index in [9.17, 15) is 4.39 Å². The van der Waals surface area contributed by atoms with Crippen LogP contribution in [0.3, 0.4) is 0 Å². The number of aliphatic hydroxyl groups excluding tert-OH is 1. The average Bonchev–Trinajstić information content (AvgIpc) is 2.40. The summed E-state index contributed by atoms with van der Waals surface area (Å²) >= 11 is 0. The van der Waals surface area contributed by atoms with Gasteiger partial charge >= 0.3 is 0 Å². The number of hydrogen-bond donors (Lipinski definition) is 2. The molecule has 0 fully saturated rings. The number of halogens is 1. The van der Waals surface area contributed by atoms with Crippen LogP contribution in [0.5, 0.6) is 5.75 Å². The Bertz CT molecular complexity index is 526. The normalized spacial score (nSPS) is 10.3. The first-order chi connectivity index (χ1) is 8.69. The van der Waals surface area contributed by atoms with Crippen LogP contribution in [0.1, 0.15) is 11.1 Å². The Balaban J connectivity index is 2.04. The summed E-state index contributed by atoms with van der Waals surface area (Å²) in [6.07, 6.45) is 0. The molecular formula is C14H14FNO2. The predicted molar refractivity (Wildman–Crippen MR) is 67.5 cm³/mol. The monoisotopic (exact) mass is 247 g/mol. The third-order valence-corrected chi connectivity index (χ3v) is 2.58. The Labute approximate surface area is 105 Å². The Hall–Kier alpha value is -2.07. The van der Waals surface area contributed by atoms with Crippen LogP contribution in [0.15, 0.2) is 42.5 Å². The fourth-order valence-electron chi connectivity index (χ4n) is 1.54. The van der Waals surface area contributed by atoms with Gasteiger partial charge in [-0.3, -0.25) is 0 Å². The molecule has 0 unspecified atom stereocenters. The van der Waals surface area contributed by atoms with Gasteiger partial charge in [0.1, 0.15) is 18.2 Å². The van der Waals surface area contributed by atoms with Crippen LogP contribution in [0, 0.1) is 5.82 Å². The lowest BCUT2D eigenvalue weighted by atomic mass is 10.1. The third kappa shape index (κ3) is 2.99. The number of nitrogen functional groups attached to an aromatic ring is 1. The number of aliphatic hydroxyl groups is 1. The Morgan fingerprint density at radius 1 is 1.06 bits per heavy atom. The molecule has 4 heteroatoms. The summed E-state index contributed by atoms with van der Waals surface area (Å²) in [6, 6.07) is 11.3. The van der Waals surface area contributed by atoms with Crippen LogP contribution >= 0.6 is 0 Å². The smallest absolute Gasteiger partial charge is 0.145 e.